The Morgan fingerprint density at radius 3 is 2.67 bits per heavy atom. The van der Waals surface area contributed by atoms with Gasteiger partial charge in [0.15, 0.2) is 5.78 Å². The van der Waals surface area contributed by atoms with Gasteiger partial charge in [-0.05, 0) is 67.1 Å². The number of Topliss-reactive ketones (excluding diaryl/α,β-unsaturated/α-hetero) is 2. The number of hydrogen-bond acceptors (Lipinski definition) is 4. The van der Waals surface area contributed by atoms with E-state index in [1.807, 2.05) is 0 Å². The highest BCUT2D eigenvalue weighted by molar-refractivity contribution is 5.85. The summed E-state index contributed by atoms with van der Waals surface area (Å²) in [5.41, 5.74) is 1.60. The van der Waals surface area contributed by atoms with E-state index in [0.29, 0.717) is 30.0 Å². The number of rotatable bonds is 3. The molecule has 4 aliphatic carbocycles. The number of ketones is 2. The van der Waals surface area contributed by atoms with Crippen molar-refractivity contribution < 1.29 is 19.1 Å². The fourth-order valence-corrected chi connectivity index (χ4v) is 7.28. The molecule has 6 atom stereocenters. The lowest BCUT2D eigenvalue weighted by atomic mass is 9.47. The van der Waals surface area contributed by atoms with Gasteiger partial charge < -0.3 is 4.74 Å². The third kappa shape index (κ3) is 2.91. The van der Waals surface area contributed by atoms with E-state index < -0.39 is 0 Å². The van der Waals surface area contributed by atoms with Gasteiger partial charge in [0.25, 0.3) is 0 Å². The van der Waals surface area contributed by atoms with Crippen LogP contribution < -0.4 is 0 Å². The van der Waals surface area contributed by atoms with Crippen LogP contribution >= 0.6 is 0 Å². The molecule has 4 heteroatoms. The Kier molecular flexibility index (Phi) is 4.59. The van der Waals surface area contributed by atoms with E-state index in [1.165, 1.54) is 12.5 Å². The summed E-state index contributed by atoms with van der Waals surface area (Å²) in [6.45, 7) is 5.99. The smallest absolute Gasteiger partial charge is 0.303 e. The van der Waals surface area contributed by atoms with Crippen LogP contribution in [0, 0.1) is 34.5 Å². The predicted octanol–water partition coefficient (Wildman–Crippen LogP) is 4.27. The molecular formula is C23H32O4. The number of carbonyl (C=O) groups is 3. The maximum absolute atomic E-state index is 12.8. The fourth-order valence-electron chi connectivity index (χ4n) is 7.28. The first kappa shape index (κ1) is 18.9. The zero-order valence-corrected chi connectivity index (χ0v) is 16.9. The highest BCUT2D eigenvalue weighted by atomic mass is 16.5. The average Bonchev–Trinajstić information content (AvgIpc) is 2.97. The standard InChI is InChI=1S/C23H32O4/c1-14(24)27-13-21(26)20-7-6-18-17-5-4-15-12-16(25)8-10-22(15,2)19(17)9-11-23(18,20)3/h4,17-20H,5-13H2,1-3H3/t17?,18?,19?,20-,22+,23+/m1/s1. The van der Waals surface area contributed by atoms with Gasteiger partial charge in [0.05, 0.1) is 0 Å². The van der Waals surface area contributed by atoms with Crippen LogP contribution in [0.25, 0.3) is 0 Å². The Hall–Kier alpha value is -1.45. The molecule has 3 fully saturated rings. The summed E-state index contributed by atoms with van der Waals surface area (Å²) in [7, 11) is 0. The maximum atomic E-state index is 12.8. The molecule has 0 amide bonds. The van der Waals surface area contributed by atoms with E-state index in [0.717, 1.165) is 44.9 Å². The van der Waals surface area contributed by atoms with E-state index in [1.54, 1.807) is 0 Å². The van der Waals surface area contributed by atoms with Gasteiger partial charge in [0, 0.05) is 25.7 Å². The molecule has 0 aliphatic heterocycles. The second-order valence-corrected chi connectivity index (χ2v) is 9.90. The minimum atomic E-state index is -0.378. The summed E-state index contributed by atoms with van der Waals surface area (Å²) in [4.78, 5) is 35.8. The largest absolute Gasteiger partial charge is 0.458 e. The Morgan fingerprint density at radius 1 is 1.15 bits per heavy atom. The van der Waals surface area contributed by atoms with Gasteiger partial charge in [-0.15, -0.1) is 0 Å². The molecule has 3 saturated carbocycles. The van der Waals surface area contributed by atoms with E-state index in [2.05, 4.69) is 19.9 Å². The van der Waals surface area contributed by atoms with Crippen molar-refractivity contribution in [3.05, 3.63) is 11.6 Å². The van der Waals surface area contributed by atoms with E-state index >= 15 is 0 Å². The van der Waals surface area contributed by atoms with Crippen LogP contribution in [0.1, 0.15) is 72.1 Å². The van der Waals surface area contributed by atoms with Gasteiger partial charge in [0.1, 0.15) is 12.4 Å². The van der Waals surface area contributed by atoms with Gasteiger partial charge in [-0.3, -0.25) is 14.4 Å². The molecule has 0 bridgehead atoms. The van der Waals surface area contributed by atoms with Crippen LogP contribution in [0.5, 0.6) is 0 Å². The van der Waals surface area contributed by atoms with Crippen molar-refractivity contribution in [1.82, 2.24) is 0 Å². The quantitative estimate of drug-likeness (QED) is 0.548. The summed E-state index contributed by atoms with van der Waals surface area (Å²) in [6.07, 6.45) is 10.1. The lowest BCUT2D eigenvalue weighted by Crippen LogP contribution is -2.51. The van der Waals surface area contributed by atoms with Crippen molar-refractivity contribution >= 4 is 17.5 Å². The van der Waals surface area contributed by atoms with Crippen molar-refractivity contribution in [2.75, 3.05) is 6.61 Å². The van der Waals surface area contributed by atoms with Crippen LogP contribution in [0.2, 0.25) is 0 Å². The summed E-state index contributed by atoms with van der Waals surface area (Å²) in [5.74, 6) is 1.98. The summed E-state index contributed by atoms with van der Waals surface area (Å²) in [5, 5.41) is 0. The molecule has 0 spiro atoms. The topological polar surface area (TPSA) is 60.4 Å². The molecule has 0 aromatic rings. The van der Waals surface area contributed by atoms with Crippen molar-refractivity contribution in [3.63, 3.8) is 0 Å². The van der Waals surface area contributed by atoms with Crippen LogP contribution in [0.3, 0.4) is 0 Å². The number of esters is 1. The Morgan fingerprint density at radius 2 is 1.93 bits per heavy atom. The molecule has 148 valence electrons. The molecular weight excluding hydrogens is 340 g/mol. The molecule has 4 rings (SSSR count). The normalized spacial score (nSPS) is 43.2. The maximum Gasteiger partial charge on any atom is 0.303 e. The highest BCUT2D eigenvalue weighted by Crippen LogP contribution is 2.66. The first-order chi connectivity index (χ1) is 12.8. The monoisotopic (exact) mass is 372 g/mol. The first-order valence-electron chi connectivity index (χ1n) is 10.6. The van der Waals surface area contributed by atoms with Crippen molar-refractivity contribution in [1.29, 1.82) is 0 Å². The number of ether oxygens (including phenoxy) is 1. The molecule has 0 N–H and O–H groups in total. The van der Waals surface area contributed by atoms with E-state index in [4.69, 9.17) is 4.74 Å². The van der Waals surface area contributed by atoms with E-state index in [9.17, 15) is 14.4 Å². The second kappa shape index (κ2) is 6.56. The number of carbonyl (C=O) groups excluding carboxylic acids is 3. The zero-order chi connectivity index (χ0) is 19.4. The summed E-state index contributed by atoms with van der Waals surface area (Å²) >= 11 is 0. The summed E-state index contributed by atoms with van der Waals surface area (Å²) < 4.78 is 5.01. The van der Waals surface area contributed by atoms with Crippen LogP contribution in [0.4, 0.5) is 0 Å². The molecule has 0 heterocycles. The fraction of sp³-hybridized carbons (Fsp3) is 0.783. The SMILES string of the molecule is CC(=O)OCC(=O)[C@H]1CCC2C3CC=C4CC(=O)CC[C@]4(C)C3CC[C@@]21C. The third-order valence-electron chi connectivity index (χ3n) is 8.74. The van der Waals surface area contributed by atoms with Gasteiger partial charge in [0.2, 0.25) is 0 Å². The number of fused-ring (bicyclic) bond motifs is 5. The third-order valence-corrected chi connectivity index (χ3v) is 8.74. The second-order valence-electron chi connectivity index (χ2n) is 9.90. The van der Waals surface area contributed by atoms with Crippen molar-refractivity contribution in [2.45, 2.75) is 72.1 Å². The predicted molar refractivity (Wildman–Crippen MR) is 102 cm³/mol. The molecule has 27 heavy (non-hydrogen) atoms. The van der Waals surface area contributed by atoms with Crippen LogP contribution in [-0.2, 0) is 19.1 Å². The van der Waals surface area contributed by atoms with Gasteiger partial charge in [-0.1, -0.05) is 25.5 Å². The zero-order valence-electron chi connectivity index (χ0n) is 16.9. The minimum absolute atomic E-state index is 0.0221. The van der Waals surface area contributed by atoms with Crippen LogP contribution in [0.15, 0.2) is 11.6 Å². The minimum Gasteiger partial charge on any atom is -0.458 e. The first-order valence-corrected chi connectivity index (χ1v) is 10.6. The summed E-state index contributed by atoms with van der Waals surface area (Å²) in [6, 6.07) is 0. The van der Waals surface area contributed by atoms with E-state index in [-0.39, 0.29) is 35.1 Å². The Bertz CT molecular complexity index is 707. The molecule has 0 aromatic carbocycles. The lowest BCUT2D eigenvalue weighted by Gasteiger charge is -2.57. The van der Waals surface area contributed by atoms with Gasteiger partial charge in [-0.2, -0.15) is 0 Å². The molecule has 0 radical (unpaired) electrons. The molecule has 4 nitrogen and oxygen atoms in total. The Balaban J connectivity index is 1.56. The van der Waals surface area contributed by atoms with Crippen molar-refractivity contribution in [2.24, 2.45) is 34.5 Å². The number of allylic oxidation sites excluding steroid dienone is 2. The van der Waals surface area contributed by atoms with Crippen molar-refractivity contribution in [3.8, 4) is 0 Å². The highest BCUT2D eigenvalue weighted by Gasteiger charge is 2.59. The molecule has 0 aromatic heterocycles. The lowest BCUT2D eigenvalue weighted by molar-refractivity contribution is -0.149. The van der Waals surface area contributed by atoms with Crippen LogP contribution in [-0.4, -0.2) is 24.1 Å². The Labute approximate surface area is 162 Å². The molecule has 0 saturated heterocycles. The number of hydrogen-bond donors (Lipinski definition) is 0. The van der Waals surface area contributed by atoms with Gasteiger partial charge >= 0.3 is 5.97 Å². The van der Waals surface area contributed by atoms with Gasteiger partial charge in [-0.25, -0.2) is 0 Å². The molecule has 4 aliphatic rings. The molecule has 3 unspecified atom stereocenters. The average molecular weight is 373 g/mol.